The zero-order chi connectivity index (χ0) is 11.5. The minimum Gasteiger partial charge on any atom is -0.452 e. The van der Waals surface area contributed by atoms with Gasteiger partial charge in [-0.05, 0) is 19.3 Å². The van der Waals surface area contributed by atoms with E-state index in [1.807, 2.05) is 0 Å². The molecule has 0 heterocycles. The molecule has 0 aromatic rings. The molecule has 0 saturated heterocycles. The summed E-state index contributed by atoms with van der Waals surface area (Å²) in [5, 5.41) is 9.59. The van der Waals surface area contributed by atoms with E-state index in [2.05, 4.69) is 9.46 Å². The molecule has 0 atom stereocenters. The largest absolute Gasteiger partial charge is 0.452 e. The van der Waals surface area contributed by atoms with Crippen LogP contribution < -0.4 is 9.44 Å². The van der Waals surface area contributed by atoms with Crippen LogP contribution in [-0.4, -0.2) is 38.9 Å². The summed E-state index contributed by atoms with van der Waals surface area (Å²) in [7, 11) is -2.88. The lowest BCUT2D eigenvalue weighted by Crippen LogP contribution is -2.51. The van der Waals surface area contributed by atoms with Gasteiger partial charge in [0.1, 0.15) is 0 Å². The number of nitrogens with one attached hydrogen (secondary N) is 2. The third-order valence-corrected chi connectivity index (χ3v) is 3.24. The lowest BCUT2D eigenvalue weighted by molar-refractivity contribution is -0.0271. The zero-order valence-electron chi connectivity index (χ0n) is 8.32. The summed E-state index contributed by atoms with van der Waals surface area (Å²) in [6, 6.07) is 0. The van der Waals surface area contributed by atoms with Crippen molar-refractivity contribution >= 4 is 16.3 Å². The first-order valence-corrected chi connectivity index (χ1v) is 5.93. The molecule has 0 spiro atoms. The third kappa shape index (κ3) is 3.65. The van der Waals surface area contributed by atoms with Crippen molar-refractivity contribution < 1.29 is 23.1 Å². The third-order valence-electron chi connectivity index (χ3n) is 2.28. The standard InChI is InChI=1S/C7H14N2O5S/c1-14-6(10)9-15(12,13)8-5-7(11)3-2-4-7/h8,11H,2-5H2,1H3,(H,9,10). The quantitative estimate of drug-likeness (QED) is 0.588. The van der Waals surface area contributed by atoms with E-state index in [9.17, 15) is 18.3 Å². The normalized spacial score (nSPS) is 19.1. The Balaban J connectivity index is 2.39. The van der Waals surface area contributed by atoms with E-state index < -0.39 is 21.9 Å². The molecule has 88 valence electrons. The predicted octanol–water partition coefficient (Wildman–Crippen LogP) is -0.908. The highest BCUT2D eigenvalue weighted by Crippen LogP contribution is 2.30. The molecule has 1 aliphatic rings. The topological polar surface area (TPSA) is 105 Å². The molecular formula is C7H14N2O5S. The van der Waals surface area contributed by atoms with Crippen LogP contribution in [0.4, 0.5) is 4.79 Å². The second-order valence-electron chi connectivity index (χ2n) is 3.50. The summed E-state index contributed by atoms with van der Waals surface area (Å²) in [6.45, 7) is -0.0979. The molecule has 1 rings (SSSR count). The van der Waals surface area contributed by atoms with Crippen molar-refractivity contribution in [2.75, 3.05) is 13.7 Å². The SMILES string of the molecule is COC(=O)NS(=O)(=O)NCC1(O)CCC1. The molecule has 0 unspecified atom stereocenters. The van der Waals surface area contributed by atoms with Crippen LogP contribution in [0.5, 0.6) is 0 Å². The van der Waals surface area contributed by atoms with E-state index in [0.29, 0.717) is 12.8 Å². The molecule has 0 aromatic carbocycles. The Morgan fingerprint density at radius 1 is 1.53 bits per heavy atom. The molecule has 3 N–H and O–H groups in total. The van der Waals surface area contributed by atoms with E-state index in [0.717, 1.165) is 13.5 Å². The van der Waals surface area contributed by atoms with Crippen molar-refractivity contribution in [3.8, 4) is 0 Å². The molecule has 0 radical (unpaired) electrons. The summed E-state index contributed by atoms with van der Waals surface area (Å²) in [6.07, 6.45) is 0.938. The Bertz CT molecular complexity index is 335. The lowest BCUT2D eigenvalue weighted by atomic mass is 9.81. The van der Waals surface area contributed by atoms with Gasteiger partial charge in [0, 0.05) is 6.54 Å². The fourth-order valence-electron chi connectivity index (χ4n) is 1.18. The number of carbonyl (C=O) groups excluding carboxylic acids is 1. The molecule has 0 aromatic heterocycles. The molecule has 8 heteroatoms. The van der Waals surface area contributed by atoms with Crippen LogP contribution in [0, 0.1) is 0 Å². The number of hydrogen-bond donors (Lipinski definition) is 3. The fraction of sp³-hybridized carbons (Fsp3) is 0.857. The van der Waals surface area contributed by atoms with Gasteiger partial charge in [0.2, 0.25) is 0 Å². The summed E-state index contributed by atoms with van der Waals surface area (Å²) >= 11 is 0. The Morgan fingerprint density at radius 2 is 2.13 bits per heavy atom. The van der Waals surface area contributed by atoms with Crippen LogP contribution in [0.3, 0.4) is 0 Å². The molecule has 15 heavy (non-hydrogen) atoms. The van der Waals surface area contributed by atoms with Gasteiger partial charge < -0.3 is 9.84 Å². The summed E-state index contributed by atoms with van der Waals surface area (Å²) in [5.74, 6) is 0. The van der Waals surface area contributed by atoms with Gasteiger partial charge in [-0.1, -0.05) is 0 Å². The highest BCUT2D eigenvalue weighted by Gasteiger charge is 2.35. The van der Waals surface area contributed by atoms with E-state index in [1.165, 1.54) is 0 Å². The lowest BCUT2D eigenvalue weighted by Gasteiger charge is -2.36. The van der Waals surface area contributed by atoms with Crippen LogP contribution in [-0.2, 0) is 14.9 Å². The minimum absolute atomic E-state index is 0.0979. The van der Waals surface area contributed by atoms with Crippen LogP contribution in [0.25, 0.3) is 0 Å². The van der Waals surface area contributed by atoms with Gasteiger partial charge >= 0.3 is 16.3 Å². The van der Waals surface area contributed by atoms with E-state index in [1.54, 1.807) is 4.72 Å². The molecule has 1 amide bonds. The van der Waals surface area contributed by atoms with Crippen LogP contribution in [0.15, 0.2) is 0 Å². The number of rotatable bonds is 4. The number of carbonyl (C=O) groups is 1. The molecular weight excluding hydrogens is 224 g/mol. The fourth-order valence-corrected chi connectivity index (χ4v) is 2.01. The van der Waals surface area contributed by atoms with Gasteiger partial charge in [0.05, 0.1) is 12.7 Å². The number of hydrogen-bond acceptors (Lipinski definition) is 5. The molecule has 7 nitrogen and oxygen atoms in total. The first-order valence-electron chi connectivity index (χ1n) is 4.45. The Morgan fingerprint density at radius 3 is 2.53 bits per heavy atom. The smallest absolute Gasteiger partial charge is 0.421 e. The first kappa shape index (κ1) is 12.2. The number of ether oxygens (including phenoxy) is 1. The van der Waals surface area contributed by atoms with Crippen molar-refractivity contribution in [1.29, 1.82) is 0 Å². The number of aliphatic hydroxyl groups is 1. The van der Waals surface area contributed by atoms with E-state index >= 15 is 0 Å². The van der Waals surface area contributed by atoms with Crippen LogP contribution in [0.1, 0.15) is 19.3 Å². The van der Waals surface area contributed by atoms with Gasteiger partial charge in [0.25, 0.3) is 0 Å². The van der Waals surface area contributed by atoms with Gasteiger partial charge in [0.15, 0.2) is 0 Å². The predicted molar refractivity (Wildman–Crippen MR) is 51.3 cm³/mol. The summed E-state index contributed by atoms with van der Waals surface area (Å²) in [5.41, 5.74) is -0.967. The van der Waals surface area contributed by atoms with Gasteiger partial charge in [-0.3, -0.25) is 0 Å². The average molecular weight is 238 g/mol. The second-order valence-corrected chi connectivity index (χ2v) is 5.00. The summed E-state index contributed by atoms with van der Waals surface area (Å²) in [4.78, 5) is 10.6. The van der Waals surface area contributed by atoms with Gasteiger partial charge in [-0.2, -0.15) is 13.1 Å². The average Bonchev–Trinajstić information content (AvgIpc) is 2.11. The van der Waals surface area contributed by atoms with Crippen molar-refractivity contribution in [2.24, 2.45) is 0 Å². The number of methoxy groups -OCH3 is 1. The first-order chi connectivity index (χ1) is 6.87. The Labute approximate surface area is 88.0 Å². The second kappa shape index (κ2) is 4.33. The van der Waals surface area contributed by atoms with Crippen LogP contribution in [0.2, 0.25) is 0 Å². The monoisotopic (exact) mass is 238 g/mol. The highest BCUT2D eigenvalue weighted by molar-refractivity contribution is 7.88. The molecule has 0 aliphatic heterocycles. The minimum atomic E-state index is -3.94. The van der Waals surface area contributed by atoms with Crippen molar-refractivity contribution in [1.82, 2.24) is 9.44 Å². The zero-order valence-corrected chi connectivity index (χ0v) is 9.13. The van der Waals surface area contributed by atoms with Crippen molar-refractivity contribution in [3.05, 3.63) is 0 Å². The molecule has 1 aliphatic carbocycles. The number of amides is 1. The molecule has 1 saturated carbocycles. The molecule has 0 bridgehead atoms. The van der Waals surface area contributed by atoms with Crippen molar-refractivity contribution in [3.63, 3.8) is 0 Å². The van der Waals surface area contributed by atoms with Gasteiger partial charge in [-0.15, -0.1) is 0 Å². The Kier molecular flexibility index (Phi) is 3.53. The maximum Gasteiger partial charge on any atom is 0.421 e. The van der Waals surface area contributed by atoms with Gasteiger partial charge in [-0.25, -0.2) is 9.52 Å². The van der Waals surface area contributed by atoms with E-state index in [-0.39, 0.29) is 6.54 Å². The van der Waals surface area contributed by atoms with E-state index in [4.69, 9.17) is 0 Å². The summed E-state index contributed by atoms with van der Waals surface area (Å²) < 4.78 is 30.1. The maximum absolute atomic E-state index is 11.2. The van der Waals surface area contributed by atoms with Crippen molar-refractivity contribution in [2.45, 2.75) is 24.9 Å². The highest BCUT2D eigenvalue weighted by atomic mass is 32.2. The maximum atomic E-state index is 11.2. The Hall–Kier alpha value is -0.860. The van der Waals surface area contributed by atoms with Crippen LogP contribution >= 0.6 is 0 Å². The molecule has 1 fully saturated rings.